The molecule has 0 radical (unpaired) electrons. The summed E-state index contributed by atoms with van der Waals surface area (Å²) in [6, 6.07) is 0. The minimum absolute atomic E-state index is 0.196. The van der Waals surface area contributed by atoms with E-state index in [2.05, 4.69) is 0 Å². The molecule has 2 rings (SSSR count). The molecule has 1 aliphatic heterocycles. The van der Waals surface area contributed by atoms with Crippen LogP contribution in [-0.2, 0) is 9.59 Å². The zero-order valence-corrected chi connectivity index (χ0v) is 10.6. The van der Waals surface area contributed by atoms with Crippen molar-refractivity contribution in [3.8, 4) is 0 Å². The molecule has 3 heteroatoms. The van der Waals surface area contributed by atoms with Gasteiger partial charge in [0.25, 0.3) is 0 Å². The van der Waals surface area contributed by atoms with Crippen LogP contribution in [0.4, 0.5) is 0 Å². The summed E-state index contributed by atoms with van der Waals surface area (Å²) in [7, 11) is 0. The second kappa shape index (κ2) is 6.18. The average Bonchev–Trinajstić information content (AvgIpc) is 2.28. The highest BCUT2D eigenvalue weighted by Crippen LogP contribution is 2.24. The maximum atomic E-state index is 12.3. The van der Waals surface area contributed by atoms with Gasteiger partial charge in [-0.2, -0.15) is 0 Å². The first kappa shape index (κ1) is 12.6. The zero-order valence-electron chi connectivity index (χ0n) is 10.6. The minimum atomic E-state index is 0.196. The van der Waals surface area contributed by atoms with Gasteiger partial charge in [0.15, 0.2) is 5.78 Å². The molecule has 96 valence electrons. The third-order valence-electron chi connectivity index (χ3n) is 4.02. The van der Waals surface area contributed by atoms with Crippen LogP contribution in [0.3, 0.4) is 0 Å². The molecule has 0 atom stereocenters. The second-order valence-electron chi connectivity index (χ2n) is 5.44. The van der Waals surface area contributed by atoms with Crippen LogP contribution in [0.1, 0.15) is 57.8 Å². The molecule has 0 N–H and O–H groups in total. The molecular weight excluding hydrogens is 214 g/mol. The number of hydrogen-bond acceptors (Lipinski definition) is 2. The van der Waals surface area contributed by atoms with Crippen LogP contribution in [0.25, 0.3) is 0 Å². The lowest BCUT2D eigenvalue weighted by Gasteiger charge is -2.30. The summed E-state index contributed by atoms with van der Waals surface area (Å²) in [5.74, 6) is 0.677. The average molecular weight is 237 g/mol. The number of likely N-dealkylation sites (tertiary alicyclic amines) is 1. The molecule has 3 nitrogen and oxygen atoms in total. The van der Waals surface area contributed by atoms with Gasteiger partial charge in [-0.1, -0.05) is 32.1 Å². The number of piperidine rings is 1. The van der Waals surface area contributed by atoms with Crippen molar-refractivity contribution in [2.75, 3.05) is 13.1 Å². The van der Waals surface area contributed by atoms with Crippen molar-refractivity contribution in [3.05, 3.63) is 0 Å². The Bertz CT molecular complexity index is 280. The van der Waals surface area contributed by atoms with E-state index in [4.69, 9.17) is 0 Å². The van der Waals surface area contributed by atoms with Crippen molar-refractivity contribution in [1.29, 1.82) is 0 Å². The molecule has 0 aromatic rings. The molecule has 0 bridgehead atoms. The van der Waals surface area contributed by atoms with E-state index in [0.29, 0.717) is 13.0 Å². The maximum absolute atomic E-state index is 12.3. The molecular formula is C14H23NO2. The smallest absolute Gasteiger partial charge is 0.226 e. The molecule has 0 aromatic carbocycles. The highest BCUT2D eigenvalue weighted by molar-refractivity contribution is 5.88. The van der Waals surface area contributed by atoms with E-state index >= 15 is 0 Å². The summed E-state index contributed by atoms with van der Waals surface area (Å²) in [5, 5.41) is 0. The van der Waals surface area contributed by atoms with E-state index < -0.39 is 0 Å². The fourth-order valence-corrected chi connectivity index (χ4v) is 2.99. The molecule has 2 fully saturated rings. The van der Waals surface area contributed by atoms with Crippen LogP contribution in [0, 0.1) is 5.92 Å². The topological polar surface area (TPSA) is 37.4 Å². The number of nitrogens with zero attached hydrogens (tertiary/aromatic N) is 1. The number of rotatable bonds is 1. The molecule has 1 saturated carbocycles. The Hall–Kier alpha value is -0.860. The van der Waals surface area contributed by atoms with Crippen molar-refractivity contribution in [3.63, 3.8) is 0 Å². The normalized spacial score (nSPS) is 24.2. The Balaban J connectivity index is 1.90. The second-order valence-corrected chi connectivity index (χ2v) is 5.44. The summed E-state index contributed by atoms with van der Waals surface area (Å²) in [5.41, 5.74) is 0. The van der Waals surface area contributed by atoms with Gasteiger partial charge in [-0.15, -0.1) is 0 Å². The molecule has 1 saturated heterocycles. The monoisotopic (exact) mass is 237 g/mol. The molecule has 1 aliphatic carbocycles. The molecule has 1 amide bonds. The number of carbonyl (C=O) groups excluding carboxylic acids is 2. The molecule has 0 spiro atoms. The fourth-order valence-electron chi connectivity index (χ4n) is 2.99. The van der Waals surface area contributed by atoms with Crippen LogP contribution >= 0.6 is 0 Å². The van der Waals surface area contributed by atoms with Gasteiger partial charge in [0.2, 0.25) is 5.91 Å². The Morgan fingerprint density at radius 1 is 1.00 bits per heavy atom. The van der Waals surface area contributed by atoms with Gasteiger partial charge in [-0.3, -0.25) is 9.59 Å². The summed E-state index contributed by atoms with van der Waals surface area (Å²) in [6.07, 6.45) is 9.80. The van der Waals surface area contributed by atoms with Gasteiger partial charge in [0, 0.05) is 18.9 Å². The largest absolute Gasteiger partial charge is 0.335 e. The van der Waals surface area contributed by atoms with Crippen molar-refractivity contribution < 1.29 is 9.59 Å². The zero-order chi connectivity index (χ0) is 12.1. The lowest BCUT2D eigenvalue weighted by Crippen LogP contribution is -2.43. The van der Waals surface area contributed by atoms with E-state index in [0.717, 1.165) is 25.8 Å². The number of carbonyl (C=O) groups is 2. The van der Waals surface area contributed by atoms with Crippen LogP contribution in [0.5, 0.6) is 0 Å². The predicted octanol–water partition coefficient (Wildman–Crippen LogP) is 2.54. The summed E-state index contributed by atoms with van der Waals surface area (Å²) in [4.78, 5) is 25.5. The first-order chi connectivity index (χ1) is 8.27. The van der Waals surface area contributed by atoms with E-state index in [1.165, 1.54) is 32.1 Å². The van der Waals surface area contributed by atoms with Crippen molar-refractivity contribution in [2.45, 2.75) is 57.8 Å². The first-order valence-electron chi connectivity index (χ1n) is 7.08. The summed E-state index contributed by atoms with van der Waals surface area (Å²) < 4.78 is 0. The van der Waals surface area contributed by atoms with Gasteiger partial charge in [0.05, 0.1) is 6.54 Å². The van der Waals surface area contributed by atoms with Gasteiger partial charge in [-0.05, 0) is 19.3 Å². The van der Waals surface area contributed by atoms with Crippen molar-refractivity contribution in [2.24, 2.45) is 5.92 Å². The fraction of sp³-hybridized carbons (Fsp3) is 0.857. The van der Waals surface area contributed by atoms with Crippen LogP contribution in [0.2, 0.25) is 0 Å². The van der Waals surface area contributed by atoms with Crippen molar-refractivity contribution in [1.82, 2.24) is 4.90 Å². The summed E-state index contributed by atoms with van der Waals surface area (Å²) >= 11 is 0. The molecule has 2 aliphatic rings. The molecule has 17 heavy (non-hydrogen) atoms. The highest BCUT2D eigenvalue weighted by atomic mass is 16.2. The van der Waals surface area contributed by atoms with E-state index in [-0.39, 0.29) is 17.6 Å². The Labute approximate surface area is 104 Å². The quantitative estimate of drug-likeness (QED) is 0.703. The number of amides is 1. The number of ketones is 1. The van der Waals surface area contributed by atoms with E-state index in [9.17, 15) is 9.59 Å². The van der Waals surface area contributed by atoms with E-state index in [1.54, 1.807) is 4.90 Å². The molecule has 1 heterocycles. The van der Waals surface area contributed by atoms with Gasteiger partial charge < -0.3 is 4.90 Å². The van der Waals surface area contributed by atoms with Crippen LogP contribution in [-0.4, -0.2) is 29.7 Å². The predicted molar refractivity (Wildman–Crippen MR) is 66.6 cm³/mol. The van der Waals surface area contributed by atoms with Crippen LogP contribution < -0.4 is 0 Å². The third kappa shape index (κ3) is 3.55. The van der Waals surface area contributed by atoms with E-state index in [1.807, 2.05) is 0 Å². The number of hydrogen-bond donors (Lipinski definition) is 0. The lowest BCUT2D eigenvalue weighted by atomic mass is 9.89. The Kier molecular flexibility index (Phi) is 4.57. The maximum Gasteiger partial charge on any atom is 0.226 e. The minimum Gasteiger partial charge on any atom is -0.335 e. The highest BCUT2D eigenvalue weighted by Gasteiger charge is 2.27. The van der Waals surface area contributed by atoms with Gasteiger partial charge in [-0.25, -0.2) is 0 Å². The van der Waals surface area contributed by atoms with Crippen LogP contribution in [0.15, 0.2) is 0 Å². The SMILES string of the molecule is O=C1CCCN(C(=O)C2CCCCCCC2)C1. The van der Waals surface area contributed by atoms with Gasteiger partial charge >= 0.3 is 0 Å². The Morgan fingerprint density at radius 3 is 2.29 bits per heavy atom. The Morgan fingerprint density at radius 2 is 1.65 bits per heavy atom. The summed E-state index contributed by atoms with van der Waals surface area (Å²) in [6.45, 7) is 1.16. The third-order valence-corrected chi connectivity index (χ3v) is 4.02. The first-order valence-corrected chi connectivity index (χ1v) is 7.08. The standard InChI is InChI=1S/C14H23NO2/c16-13-9-6-10-15(11-13)14(17)12-7-4-2-1-3-5-8-12/h12H,1-11H2. The van der Waals surface area contributed by atoms with Gasteiger partial charge in [0.1, 0.15) is 0 Å². The van der Waals surface area contributed by atoms with Crippen molar-refractivity contribution >= 4 is 11.7 Å². The number of Topliss-reactive ketones (excluding diaryl/α,β-unsaturated/α-hetero) is 1. The lowest BCUT2D eigenvalue weighted by molar-refractivity contribution is -0.141. The molecule has 0 aromatic heterocycles. The molecule has 0 unspecified atom stereocenters.